The maximum absolute atomic E-state index is 5.08. The van der Waals surface area contributed by atoms with E-state index in [1.807, 2.05) is 24.5 Å². The molecule has 0 saturated carbocycles. The van der Waals surface area contributed by atoms with Gasteiger partial charge in [-0.05, 0) is 17.9 Å². The zero-order chi connectivity index (χ0) is 12.8. The second-order valence-electron chi connectivity index (χ2n) is 3.51. The molecule has 2 aromatic rings. The Bertz CT molecular complexity index is 473. The van der Waals surface area contributed by atoms with Crippen molar-refractivity contribution < 1.29 is 4.74 Å². The Balaban J connectivity index is 2.01. The van der Waals surface area contributed by atoms with E-state index in [2.05, 4.69) is 20.3 Å². The van der Waals surface area contributed by atoms with Crippen LogP contribution in [0.25, 0.3) is 0 Å². The highest BCUT2D eigenvalue weighted by Gasteiger charge is 1.99. The smallest absolute Gasteiger partial charge is 0.213 e. The Labute approximate surface area is 110 Å². The molecule has 2 aromatic heterocycles. The average molecular weight is 262 g/mol. The van der Waals surface area contributed by atoms with E-state index in [0.717, 1.165) is 16.4 Å². The van der Waals surface area contributed by atoms with Crippen molar-refractivity contribution in [3.05, 3.63) is 36.3 Å². The SMILES string of the molecule is COc1cc(CNc2cc(SC)ncn2)ccn1. The van der Waals surface area contributed by atoms with Crippen LogP contribution in [0.3, 0.4) is 0 Å². The number of ether oxygens (including phenoxy) is 1. The van der Waals surface area contributed by atoms with Gasteiger partial charge in [0.1, 0.15) is 17.2 Å². The molecule has 2 rings (SSSR count). The normalized spacial score (nSPS) is 10.1. The molecule has 0 spiro atoms. The lowest BCUT2D eigenvalue weighted by atomic mass is 10.2. The number of aromatic nitrogens is 3. The molecular weight excluding hydrogens is 248 g/mol. The molecule has 2 heterocycles. The number of hydrogen-bond acceptors (Lipinski definition) is 6. The van der Waals surface area contributed by atoms with Gasteiger partial charge in [-0.2, -0.15) is 0 Å². The van der Waals surface area contributed by atoms with Crippen LogP contribution in [0.4, 0.5) is 5.82 Å². The number of nitrogens with zero attached hydrogens (tertiary/aromatic N) is 3. The van der Waals surface area contributed by atoms with E-state index in [0.29, 0.717) is 12.4 Å². The minimum Gasteiger partial charge on any atom is -0.481 e. The van der Waals surface area contributed by atoms with Crippen LogP contribution in [0, 0.1) is 0 Å². The highest BCUT2D eigenvalue weighted by atomic mass is 32.2. The predicted octanol–water partition coefficient (Wildman–Crippen LogP) is 2.21. The van der Waals surface area contributed by atoms with Gasteiger partial charge in [0.25, 0.3) is 0 Å². The van der Waals surface area contributed by atoms with Gasteiger partial charge < -0.3 is 10.1 Å². The molecule has 0 unspecified atom stereocenters. The predicted molar refractivity (Wildman–Crippen MR) is 71.9 cm³/mol. The number of hydrogen-bond donors (Lipinski definition) is 1. The van der Waals surface area contributed by atoms with Crippen molar-refractivity contribution in [2.24, 2.45) is 0 Å². The van der Waals surface area contributed by atoms with Gasteiger partial charge >= 0.3 is 0 Å². The second-order valence-corrected chi connectivity index (χ2v) is 4.33. The lowest BCUT2D eigenvalue weighted by Gasteiger charge is -2.07. The van der Waals surface area contributed by atoms with E-state index < -0.39 is 0 Å². The summed E-state index contributed by atoms with van der Waals surface area (Å²) < 4.78 is 5.08. The lowest BCUT2D eigenvalue weighted by molar-refractivity contribution is 0.397. The number of nitrogens with one attached hydrogen (secondary N) is 1. The molecule has 0 radical (unpaired) electrons. The molecule has 0 aromatic carbocycles. The quantitative estimate of drug-likeness (QED) is 0.658. The standard InChI is InChI=1S/C12H14N4OS/c1-17-11-5-9(3-4-13-11)7-14-10-6-12(18-2)16-8-15-10/h3-6,8H,7H2,1-2H3,(H,14,15,16). The highest BCUT2D eigenvalue weighted by Crippen LogP contribution is 2.15. The molecular formula is C12H14N4OS. The van der Waals surface area contributed by atoms with E-state index in [4.69, 9.17) is 4.74 Å². The zero-order valence-electron chi connectivity index (χ0n) is 10.3. The van der Waals surface area contributed by atoms with Crippen molar-refractivity contribution in [2.75, 3.05) is 18.7 Å². The number of anilines is 1. The van der Waals surface area contributed by atoms with Crippen LogP contribution in [0.1, 0.15) is 5.56 Å². The Morgan fingerprint density at radius 2 is 2.17 bits per heavy atom. The van der Waals surface area contributed by atoms with Gasteiger partial charge in [0.05, 0.1) is 7.11 Å². The van der Waals surface area contributed by atoms with E-state index in [1.165, 1.54) is 0 Å². The van der Waals surface area contributed by atoms with Gasteiger partial charge in [-0.3, -0.25) is 0 Å². The molecule has 0 atom stereocenters. The van der Waals surface area contributed by atoms with Crippen LogP contribution < -0.4 is 10.1 Å². The third kappa shape index (κ3) is 3.33. The van der Waals surface area contributed by atoms with Crippen LogP contribution in [0.2, 0.25) is 0 Å². The first-order valence-electron chi connectivity index (χ1n) is 5.40. The van der Waals surface area contributed by atoms with Crippen molar-refractivity contribution in [3.8, 4) is 5.88 Å². The zero-order valence-corrected chi connectivity index (χ0v) is 11.1. The molecule has 0 amide bonds. The summed E-state index contributed by atoms with van der Waals surface area (Å²) in [7, 11) is 1.61. The molecule has 1 N–H and O–H groups in total. The van der Waals surface area contributed by atoms with Crippen LogP contribution in [0.5, 0.6) is 5.88 Å². The van der Waals surface area contributed by atoms with Crippen LogP contribution in [-0.2, 0) is 6.54 Å². The lowest BCUT2D eigenvalue weighted by Crippen LogP contribution is -2.02. The first-order chi connectivity index (χ1) is 8.81. The fraction of sp³-hybridized carbons (Fsp3) is 0.250. The Morgan fingerprint density at radius 3 is 2.94 bits per heavy atom. The molecule has 94 valence electrons. The summed E-state index contributed by atoms with van der Waals surface area (Å²) in [5.74, 6) is 1.42. The summed E-state index contributed by atoms with van der Waals surface area (Å²) in [6, 6.07) is 5.75. The fourth-order valence-corrected chi connectivity index (χ4v) is 1.79. The second kappa shape index (κ2) is 6.20. The van der Waals surface area contributed by atoms with Gasteiger partial charge in [-0.25, -0.2) is 15.0 Å². The van der Waals surface area contributed by atoms with E-state index >= 15 is 0 Å². The average Bonchev–Trinajstić information content (AvgIpc) is 2.45. The molecule has 0 fully saturated rings. The van der Waals surface area contributed by atoms with Crippen molar-refractivity contribution in [1.82, 2.24) is 15.0 Å². The number of thioether (sulfide) groups is 1. The first-order valence-corrected chi connectivity index (χ1v) is 6.63. The summed E-state index contributed by atoms with van der Waals surface area (Å²) in [4.78, 5) is 12.3. The van der Waals surface area contributed by atoms with Gasteiger partial charge in [-0.15, -0.1) is 11.8 Å². The van der Waals surface area contributed by atoms with Crippen molar-refractivity contribution in [3.63, 3.8) is 0 Å². The Kier molecular flexibility index (Phi) is 4.35. The molecule has 0 aliphatic heterocycles. The summed E-state index contributed by atoms with van der Waals surface area (Å²) in [6.45, 7) is 0.670. The number of methoxy groups -OCH3 is 1. The molecule has 6 heteroatoms. The van der Waals surface area contributed by atoms with Crippen molar-refractivity contribution in [2.45, 2.75) is 11.6 Å². The van der Waals surface area contributed by atoms with Gasteiger partial charge in [0.2, 0.25) is 5.88 Å². The summed E-state index contributed by atoms with van der Waals surface area (Å²) >= 11 is 1.59. The van der Waals surface area contributed by atoms with E-state index in [1.54, 1.807) is 31.4 Å². The van der Waals surface area contributed by atoms with Crippen molar-refractivity contribution >= 4 is 17.6 Å². The maximum Gasteiger partial charge on any atom is 0.213 e. The molecule has 5 nitrogen and oxygen atoms in total. The van der Waals surface area contributed by atoms with E-state index in [-0.39, 0.29) is 0 Å². The molecule has 0 bridgehead atoms. The number of pyridine rings is 1. The van der Waals surface area contributed by atoms with Crippen molar-refractivity contribution in [1.29, 1.82) is 0 Å². The van der Waals surface area contributed by atoms with Gasteiger partial charge in [-0.1, -0.05) is 0 Å². The topological polar surface area (TPSA) is 59.9 Å². The minimum atomic E-state index is 0.613. The third-order valence-electron chi connectivity index (χ3n) is 2.33. The van der Waals surface area contributed by atoms with Gasteiger partial charge in [0.15, 0.2) is 0 Å². The van der Waals surface area contributed by atoms with Crippen LogP contribution >= 0.6 is 11.8 Å². The Morgan fingerprint density at radius 1 is 1.28 bits per heavy atom. The highest BCUT2D eigenvalue weighted by molar-refractivity contribution is 7.98. The van der Waals surface area contributed by atoms with Crippen LogP contribution in [-0.4, -0.2) is 28.3 Å². The maximum atomic E-state index is 5.08. The molecule has 0 aliphatic carbocycles. The van der Waals surface area contributed by atoms with E-state index in [9.17, 15) is 0 Å². The molecule has 18 heavy (non-hydrogen) atoms. The summed E-state index contributed by atoms with van der Waals surface area (Å²) in [5, 5.41) is 4.18. The molecule has 0 saturated heterocycles. The summed E-state index contributed by atoms with van der Waals surface area (Å²) in [5.41, 5.74) is 1.09. The fourth-order valence-electron chi connectivity index (χ4n) is 1.41. The van der Waals surface area contributed by atoms with Crippen LogP contribution in [0.15, 0.2) is 35.7 Å². The number of rotatable bonds is 5. The third-order valence-corrected chi connectivity index (χ3v) is 2.97. The summed E-state index contributed by atoms with van der Waals surface area (Å²) in [6.07, 6.45) is 5.27. The van der Waals surface area contributed by atoms with Gasteiger partial charge in [0, 0.05) is 24.9 Å². The first kappa shape index (κ1) is 12.6. The largest absolute Gasteiger partial charge is 0.481 e. The Hall–Kier alpha value is -1.82. The molecule has 0 aliphatic rings. The monoisotopic (exact) mass is 262 g/mol. The minimum absolute atomic E-state index is 0.613.